The van der Waals surface area contributed by atoms with Gasteiger partial charge >= 0.3 is 7.82 Å². The zero-order valence-electron chi connectivity index (χ0n) is 27.2. The van der Waals surface area contributed by atoms with Gasteiger partial charge in [0.05, 0.1) is 26.4 Å². The summed E-state index contributed by atoms with van der Waals surface area (Å²) in [5.74, 6) is -0.672. The summed E-state index contributed by atoms with van der Waals surface area (Å²) >= 11 is 0. The van der Waals surface area contributed by atoms with E-state index in [1.807, 2.05) is 0 Å². The lowest BCUT2D eigenvalue weighted by atomic mass is 9.95. The molecule has 26 heteroatoms. The van der Waals surface area contributed by atoms with E-state index >= 15 is 0 Å². The van der Waals surface area contributed by atoms with Crippen molar-refractivity contribution in [2.24, 2.45) is 0 Å². The Morgan fingerprint density at radius 3 is 1.44 bits per heavy atom. The first kappa shape index (κ1) is 43.5. The first-order chi connectivity index (χ1) is 24.2. The average molecular weight is 788 g/mol. The molecule has 0 aromatic heterocycles. The van der Waals surface area contributed by atoms with Gasteiger partial charge in [0.25, 0.3) is 0 Å². The molecule has 0 aromatic rings. The van der Waals surface area contributed by atoms with E-state index in [1.165, 1.54) is 0 Å². The van der Waals surface area contributed by atoms with Gasteiger partial charge in [0.15, 0.2) is 25.2 Å². The normalized spacial score (nSPS) is 47.6. The van der Waals surface area contributed by atoms with E-state index in [2.05, 4.69) is 9.84 Å². The van der Waals surface area contributed by atoms with Crippen LogP contribution in [-0.2, 0) is 47.0 Å². The second-order valence-electron chi connectivity index (χ2n) is 12.6. The van der Waals surface area contributed by atoms with Crippen molar-refractivity contribution in [2.45, 2.75) is 130 Å². The highest BCUT2D eigenvalue weighted by atomic mass is 31.2. The molecule has 304 valence electrons. The highest BCUT2D eigenvalue weighted by molar-refractivity contribution is 7.46. The molecular weight excluding hydrogens is 741 g/mol. The summed E-state index contributed by atoms with van der Waals surface area (Å²) in [7, 11) is -5.03. The molecule has 15 N–H and O–H groups in total. The Bertz CT molecular complexity index is 1200. The number of ether oxygens (including phenoxy) is 7. The van der Waals surface area contributed by atoms with E-state index in [0.29, 0.717) is 0 Å². The summed E-state index contributed by atoms with van der Waals surface area (Å²) in [6.07, 6.45) is -34.4. The van der Waals surface area contributed by atoms with Crippen LogP contribution in [0.5, 0.6) is 0 Å². The fraction of sp³-hybridized carbons (Fsp3) is 0.962. The minimum atomic E-state index is -5.03. The van der Waals surface area contributed by atoms with Gasteiger partial charge < -0.3 is 110 Å². The molecule has 0 unspecified atom stereocenters. The van der Waals surface area contributed by atoms with Gasteiger partial charge in [-0.1, -0.05) is 0 Å². The maximum absolute atomic E-state index is 11.6. The van der Waals surface area contributed by atoms with Crippen LogP contribution in [0.15, 0.2) is 0 Å². The zero-order chi connectivity index (χ0) is 38.8. The minimum Gasteiger partial charge on any atom is -0.394 e. The summed E-state index contributed by atoms with van der Waals surface area (Å²) in [6, 6.07) is -1.46. The number of carbonyl (C=O) groups is 1. The second kappa shape index (κ2) is 18.2. The van der Waals surface area contributed by atoms with Crippen LogP contribution in [-0.4, -0.2) is 226 Å². The van der Waals surface area contributed by atoms with Gasteiger partial charge in [0.2, 0.25) is 5.91 Å². The zero-order valence-corrected chi connectivity index (χ0v) is 28.1. The van der Waals surface area contributed by atoms with Gasteiger partial charge in [0.1, 0.15) is 97.6 Å². The molecule has 4 heterocycles. The highest BCUT2D eigenvalue weighted by Gasteiger charge is 2.52. The van der Waals surface area contributed by atoms with E-state index < -0.39 is 163 Å². The summed E-state index contributed by atoms with van der Waals surface area (Å²) in [6.45, 7) is -2.23. The molecular formula is C26H46NO24P. The van der Waals surface area contributed by atoms with E-state index in [1.54, 1.807) is 0 Å². The standard InChI is InChI=1S/C26H46NO24P/c1-6(29)27-11-15(33)22(7(2-28)47-23(11)40)51-26-21(39)18(36)13(31)9(50-26)4-45-24-19(37)16(34)12(30)8(48-24)3-44-25-20(38)17(35)14(32)10(49-25)5-46-52(41,42)43/h7-26,28,30-40H,2-5H2,1H3,(H,27,29)(H2,41,42,43)/t7-,8-,9-,10-,11-,12-,13-,14-,15-,16+,17+,18+,19+,20+,21+,22-,23-,24+,25+,26+/m1/s1. The minimum absolute atomic E-state index is 0.672. The molecule has 52 heavy (non-hydrogen) atoms. The molecule has 4 fully saturated rings. The lowest BCUT2D eigenvalue weighted by Gasteiger charge is -2.46. The van der Waals surface area contributed by atoms with Crippen LogP contribution >= 0.6 is 7.82 Å². The second-order valence-corrected chi connectivity index (χ2v) is 13.8. The van der Waals surface area contributed by atoms with Crippen LogP contribution in [0.4, 0.5) is 0 Å². The molecule has 0 aromatic carbocycles. The molecule has 0 bridgehead atoms. The van der Waals surface area contributed by atoms with Gasteiger partial charge in [-0.05, 0) is 0 Å². The van der Waals surface area contributed by atoms with E-state index in [9.17, 15) is 70.6 Å². The molecule has 0 spiro atoms. The summed E-state index contributed by atoms with van der Waals surface area (Å²) in [5.41, 5.74) is 0. The number of hydrogen-bond acceptors (Lipinski definition) is 22. The van der Waals surface area contributed by atoms with E-state index in [0.717, 1.165) is 6.92 Å². The molecule has 0 aliphatic carbocycles. The summed E-state index contributed by atoms with van der Waals surface area (Å²) in [4.78, 5) is 29.4. The summed E-state index contributed by atoms with van der Waals surface area (Å²) in [5, 5.41) is 127. The van der Waals surface area contributed by atoms with Crippen molar-refractivity contribution in [2.75, 3.05) is 26.4 Å². The Morgan fingerprint density at radius 1 is 0.596 bits per heavy atom. The van der Waals surface area contributed by atoms with Crippen LogP contribution in [0.25, 0.3) is 0 Å². The van der Waals surface area contributed by atoms with Crippen molar-refractivity contribution < 1.29 is 118 Å². The fourth-order valence-electron chi connectivity index (χ4n) is 5.90. The molecule has 4 aliphatic heterocycles. The molecule has 4 saturated heterocycles. The van der Waals surface area contributed by atoms with Gasteiger partial charge in [-0.2, -0.15) is 0 Å². The quantitative estimate of drug-likeness (QED) is 0.0770. The third-order valence-electron chi connectivity index (χ3n) is 8.80. The number of aliphatic hydroxyl groups excluding tert-OH is 12. The largest absolute Gasteiger partial charge is 0.469 e. The molecule has 4 rings (SSSR count). The number of aliphatic hydroxyl groups is 12. The number of rotatable bonds is 13. The fourth-order valence-corrected chi connectivity index (χ4v) is 6.24. The van der Waals surface area contributed by atoms with Crippen LogP contribution in [0.2, 0.25) is 0 Å². The monoisotopic (exact) mass is 787 g/mol. The van der Waals surface area contributed by atoms with Crippen molar-refractivity contribution >= 4 is 13.7 Å². The third kappa shape index (κ3) is 10.2. The van der Waals surface area contributed by atoms with Crippen LogP contribution in [0.1, 0.15) is 6.92 Å². The average Bonchev–Trinajstić information content (AvgIpc) is 3.08. The number of phosphoric acid groups is 1. The number of carbonyl (C=O) groups excluding carboxylic acids is 1. The van der Waals surface area contributed by atoms with Crippen LogP contribution in [0.3, 0.4) is 0 Å². The Kier molecular flexibility index (Phi) is 15.2. The summed E-state index contributed by atoms with van der Waals surface area (Å²) < 4.78 is 53.2. The van der Waals surface area contributed by atoms with E-state index in [-0.39, 0.29) is 0 Å². The third-order valence-corrected chi connectivity index (χ3v) is 9.28. The Labute approximate surface area is 293 Å². The van der Waals surface area contributed by atoms with Gasteiger partial charge in [0, 0.05) is 6.92 Å². The molecule has 4 aliphatic rings. The Balaban J connectivity index is 1.39. The molecule has 25 nitrogen and oxygen atoms in total. The number of amides is 1. The first-order valence-electron chi connectivity index (χ1n) is 15.8. The van der Waals surface area contributed by atoms with Crippen molar-refractivity contribution in [3.63, 3.8) is 0 Å². The Hall–Kier alpha value is -1.18. The topological polar surface area (TPSA) is 403 Å². The molecule has 20 atom stereocenters. The van der Waals surface area contributed by atoms with Crippen molar-refractivity contribution in [3.05, 3.63) is 0 Å². The molecule has 0 radical (unpaired) electrons. The van der Waals surface area contributed by atoms with Crippen LogP contribution < -0.4 is 5.32 Å². The lowest BCUT2D eigenvalue weighted by Crippen LogP contribution is -2.67. The smallest absolute Gasteiger partial charge is 0.394 e. The molecule has 0 saturated carbocycles. The SMILES string of the molecule is CC(=O)N[C@@H]1[C@@H](O)[C@H](O[C@@H]2O[C@H](CO[C@H]3O[C@H](CO[C@H]4O[C@H](COP(=O)(O)O)[C@@H](O)[C@H](O)[C@@H]4O)[C@@H](O)[C@H](O)[C@@H]3O)[C@@H](O)[C@H](O)[C@@H]2O)[C@@H](CO)O[C@H]1O. The van der Waals surface area contributed by atoms with Crippen molar-refractivity contribution in [3.8, 4) is 0 Å². The van der Waals surface area contributed by atoms with Crippen molar-refractivity contribution in [1.82, 2.24) is 5.32 Å². The lowest BCUT2D eigenvalue weighted by molar-refractivity contribution is -0.357. The highest BCUT2D eigenvalue weighted by Crippen LogP contribution is 2.37. The number of nitrogens with one attached hydrogen (secondary N) is 1. The first-order valence-corrected chi connectivity index (χ1v) is 17.4. The van der Waals surface area contributed by atoms with Crippen molar-refractivity contribution in [1.29, 1.82) is 0 Å². The number of hydrogen-bond donors (Lipinski definition) is 15. The van der Waals surface area contributed by atoms with Gasteiger partial charge in [-0.3, -0.25) is 9.32 Å². The van der Waals surface area contributed by atoms with Crippen LogP contribution in [0, 0.1) is 0 Å². The predicted molar refractivity (Wildman–Crippen MR) is 156 cm³/mol. The predicted octanol–water partition coefficient (Wildman–Crippen LogP) is -9.49. The maximum Gasteiger partial charge on any atom is 0.469 e. The van der Waals surface area contributed by atoms with Gasteiger partial charge in [-0.15, -0.1) is 0 Å². The maximum atomic E-state index is 11.6. The Morgan fingerprint density at radius 2 is 1.02 bits per heavy atom. The molecule has 1 amide bonds. The number of phosphoric ester groups is 1. The van der Waals surface area contributed by atoms with Gasteiger partial charge in [-0.25, -0.2) is 4.57 Å². The van der Waals surface area contributed by atoms with E-state index in [4.69, 9.17) is 42.9 Å².